The molecule has 0 radical (unpaired) electrons. The second kappa shape index (κ2) is 4.54. The van der Waals surface area contributed by atoms with Crippen LogP contribution in [-0.2, 0) is 18.5 Å². The van der Waals surface area contributed by atoms with Crippen LogP contribution in [0.1, 0.15) is 82.1 Å². The zero-order valence-corrected chi connectivity index (χ0v) is 18.0. The summed E-state index contributed by atoms with van der Waals surface area (Å²) < 4.78 is 2.76. The predicted molar refractivity (Wildman–Crippen MR) is 80.6 cm³/mol. The number of hydrogen-bond acceptors (Lipinski definition) is 1. The quantitative estimate of drug-likeness (QED) is 0.556. The molecule has 0 saturated carbocycles. The third-order valence-corrected chi connectivity index (χ3v) is 9.58. The molecule has 19 heavy (non-hydrogen) atoms. The van der Waals surface area contributed by atoms with Gasteiger partial charge in [0.05, 0.1) is 0 Å². The van der Waals surface area contributed by atoms with Crippen molar-refractivity contribution in [2.24, 2.45) is 16.2 Å². The van der Waals surface area contributed by atoms with Crippen molar-refractivity contribution >= 4 is 0 Å². The molecule has 0 atom stereocenters. The Morgan fingerprint density at radius 2 is 1.16 bits per heavy atom. The first-order chi connectivity index (χ1) is 8.11. The van der Waals surface area contributed by atoms with Crippen LogP contribution in [0.3, 0.4) is 0 Å². The van der Waals surface area contributed by atoms with Gasteiger partial charge in [0, 0.05) is 0 Å². The van der Waals surface area contributed by atoms with Gasteiger partial charge in [0.1, 0.15) is 0 Å². The zero-order valence-electron chi connectivity index (χ0n) is 15.1. The molecule has 0 aromatic heterocycles. The molecule has 1 rings (SSSR count). The molecular formula is C17H34NZn. The van der Waals surface area contributed by atoms with Crippen molar-refractivity contribution in [2.75, 3.05) is 0 Å². The van der Waals surface area contributed by atoms with Gasteiger partial charge >= 0.3 is 132 Å². The normalized spacial score (nSPS) is 27.4. The van der Waals surface area contributed by atoms with E-state index >= 15 is 0 Å². The van der Waals surface area contributed by atoms with Gasteiger partial charge in [0.15, 0.2) is 0 Å². The van der Waals surface area contributed by atoms with Crippen LogP contribution in [0.2, 0.25) is 0 Å². The molecule has 1 aliphatic rings. The first-order valence-corrected chi connectivity index (χ1v) is 9.05. The van der Waals surface area contributed by atoms with E-state index in [1.54, 1.807) is 0 Å². The molecule has 0 aromatic carbocycles. The molecule has 1 fully saturated rings. The van der Waals surface area contributed by atoms with E-state index in [0.717, 1.165) is 0 Å². The zero-order chi connectivity index (χ0) is 15.5. The van der Waals surface area contributed by atoms with Gasteiger partial charge in [-0.05, 0) is 0 Å². The van der Waals surface area contributed by atoms with Crippen molar-refractivity contribution in [3.8, 4) is 0 Å². The fourth-order valence-corrected chi connectivity index (χ4v) is 6.53. The Kier molecular flexibility index (Phi) is 4.21. The summed E-state index contributed by atoms with van der Waals surface area (Å²) in [6.07, 6.45) is 2.64. The van der Waals surface area contributed by atoms with Crippen LogP contribution in [0.15, 0.2) is 0 Å². The van der Waals surface area contributed by atoms with Gasteiger partial charge in [-0.25, -0.2) is 0 Å². The summed E-state index contributed by atoms with van der Waals surface area (Å²) in [6.45, 7) is 24.5. The summed E-state index contributed by atoms with van der Waals surface area (Å²) >= 11 is 1.26. The van der Waals surface area contributed by atoms with Gasteiger partial charge in [-0.3, -0.25) is 0 Å². The molecule has 0 bridgehead atoms. The number of nitrogens with zero attached hydrogens (tertiary/aromatic N) is 1. The first kappa shape index (κ1) is 17.6. The predicted octanol–water partition coefficient (Wildman–Crippen LogP) is 5.18. The summed E-state index contributed by atoms with van der Waals surface area (Å²) in [6, 6.07) is 0. The van der Waals surface area contributed by atoms with Crippen molar-refractivity contribution in [1.29, 1.82) is 0 Å². The maximum atomic E-state index is 2.76. The standard InChI is InChI=1S/C17H34N.Zn/c1-13(2,3)17(14(4,5)6)12-11-15(7,8)18-16(17,9)10;/h11-12H2,1-10H3;/q-1;+1. The molecule has 0 N–H and O–H groups in total. The summed E-state index contributed by atoms with van der Waals surface area (Å²) in [7, 11) is 0. The Hall–Kier alpha value is 0.583. The van der Waals surface area contributed by atoms with E-state index in [-0.39, 0.29) is 5.54 Å². The van der Waals surface area contributed by atoms with Crippen molar-refractivity contribution in [3.05, 3.63) is 0 Å². The van der Waals surface area contributed by atoms with Gasteiger partial charge in [0.2, 0.25) is 0 Å². The minimum atomic E-state index is 0.241. The summed E-state index contributed by atoms with van der Waals surface area (Å²) in [4.78, 5) is 0. The molecule has 2 heteroatoms. The van der Waals surface area contributed by atoms with Gasteiger partial charge < -0.3 is 0 Å². The Bertz CT molecular complexity index is 327. The Labute approximate surface area is 131 Å². The molecule has 0 aromatic rings. The average molecular weight is 318 g/mol. The fourth-order valence-electron chi connectivity index (χ4n) is 5.63. The topological polar surface area (TPSA) is 3.24 Å². The third-order valence-electron chi connectivity index (χ3n) is 6.12. The molecule has 1 nitrogen and oxygen atoms in total. The van der Waals surface area contributed by atoms with Crippen LogP contribution >= 0.6 is 0 Å². The number of rotatable bonds is 0. The molecule has 0 aliphatic carbocycles. The van der Waals surface area contributed by atoms with Crippen molar-refractivity contribution in [3.63, 3.8) is 0 Å². The summed E-state index contributed by atoms with van der Waals surface area (Å²) in [5.41, 5.74) is 1.55. The van der Waals surface area contributed by atoms with Gasteiger partial charge in [0.25, 0.3) is 0 Å². The van der Waals surface area contributed by atoms with Gasteiger partial charge in [-0.15, -0.1) is 0 Å². The van der Waals surface area contributed by atoms with Crippen LogP contribution in [0, 0.1) is 16.2 Å². The van der Waals surface area contributed by atoms with E-state index in [9.17, 15) is 0 Å². The summed E-state index contributed by atoms with van der Waals surface area (Å²) in [5, 5.41) is 0. The van der Waals surface area contributed by atoms with Gasteiger partial charge in [-0.2, -0.15) is 0 Å². The minimum absolute atomic E-state index is 0.241. The maximum absolute atomic E-state index is 2.76. The van der Waals surface area contributed by atoms with Crippen molar-refractivity contribution in [1.82, 2.24) is 3.64 Å². The van der Waals surface area contributed by atoms with Crippen LogP contribution in [-0.4, -0.2) is 14.7 Å². The number of hydrogen-bond donors (Lipinski definition) is 0. The van der Waals surface area contributed by atoms with Gasteiger partial charge in [-0.1, -0.05) is 0 Å². The molecule has 0 spiro atoms. The van der Waals surface area contributed by atoms with E-state index < -0.39 is 0 Å². The van der Waals surface area contributed by atoms with Crippen LogP contribution < -0.4 is 0 Å². The first-order valence-electron chi connectivity index (χ1n) is 7.72. The monoisotopic (exact) mass is 316 g/mol. The Morgan fingerprint density at radius 3 is 1.47 bits per heavy atom. The van der Waals surface area contributed by atoms with Crippen LogP contribution in [0.4, 0.5) is 0 Å². The van der Waals surface area contributed by atoms with E-state index in [2.05, 4.69) is 72.9 Å². The third kappa shape index (κ3) is 2.36. The average Bonchev–Trinajstić information content (AvgIpc) is 2.10. The van der Waals surface area contributed by atoms with Crippen molar-refractivity contribution in [2.45, 2.75) is 93.2 Å². The van der Waals surface area contributed by atoms with Crippen LogP contribution in [0.25, 0.3) is 0 Å². The van der Waals surface area contributed by atoms with Crippen molar-refractivity contribution < 1.29 is 18.5 Å². The molecule has 1 aliphatic heterocycles. The van der Waals surface area contributed by atoms with E-state index in [1.807, 2.05) is 0 Å². The molecule has 0 amide bonds. The Balaban J connectivity index is 3.52. The second-order valence-corrected chi connectivity index (χ2v) is 11.0. The second-order valence-electron chi connectivity index (χ2n) is 9.70. The SMILES string of the molecule is CC1(C)CCC(C(C)(C)C)(C(C)(C)C)C(C)(C)[N]1[Zn]. The van der Waals surface area contributed by atoms with E-state index in [4.69, 9.17) is 0 Å². The van der Waals surface area contributed by atoms with Crippen LogP contribution in [0.5, 0.6) is 0 Å². The molecule has 1 heterocycles. The Morgan fingerprint density at radius 1 is 0.789 bits per heavy atom. The number of piperidine rings is 1. The molecule has 109 valence electrons. The van der Waals surface area contributed by atoms with E-state index in [0.29, 0.717) is 21.8 Å². The fraction of sp³-hybridized carbons (Fsp3) is 1.00. The van der Waals surface area contributed by atoms with E-state index in [1.165, 1.54) is 31.4 Å². The molecule has 1 saturated heterocycles. The summed E-state index contributed by atoms with van der Waals surface area (Å²) in [5.74, 6) is 0. The molecule has 0 unspecified atom stereocenters. The molecular weight excluding hydrogens is 284 g/mol.